The van der Waals surface area contributed by atoms with Gasteiger partial charge in [-0.3, -0.25) is 9.48 Å². The summed E-state index contributed by atoms with van der Waals surface area (Å²) in [5.74, 6) is 1.58. The quantitative estimate of drug-likeness (QED) is 0.596. The molecule has 3 rings (SSSR count). The van der Waals surface area contributed by atoms with Crippen LogP contribution in [0, 0.1) is 20.8 Å². The minimum atomic E-state index is -0.179. The maximum atomic E-state index is 13.0. The first kappa shape index (κ1) is 22.2. The fourth-order valence-corrected chi connectivity index (χ4v) is 3.54. The first-order valence-corrected chi connectivity index (χ1v) is 10.0. The van der Waals surface area contributed by atoms with E-state index in [0.29, 0.717) is 35.1 Å². The molecule has 3 aromatic rings. The predicted molar refractivity (Wildman–Crippen MR) is 119 cm³/mol. The molecule has 1 aromatic heterocycles. The molecule has 0 bridgehead atoms. The number of nitrogens with zero attached hydrogens (tertiary/aromatic N) is 2. The second kappa shape index (κ2) is 9.55. The van der Waals surface area contributed by atoms with Gasteiger partial charge >= 0.3 is 0 Å². The number of rotatable bonds is 8. The predicted octanol–water partition coefficient (Wildman–Crippen LogP) is 3.81. The zero-order chi connectivity index (χ0) is 22.5. The van der Waals surface area contributed by atoms with E-state index in [-0.39, 0.29) is 12.5 Å². The molecule has 0 unspecified atom stereocenters. The SMILES string of the molecule is COc1cc(OC)c(OC)cc1CNC(=O)c1c(C)nn(Cc2ccc(C)cc2)c1C. The average Bonchev–Trinajstić information content (AvgIpc) is 3.05. The zero-order valence-corrected chi connectivity index (χ0v) is 18.9. The standard InChI is InChI=1S/C24H29N3O4/c1-15-7-9-18(10-8-15)14-27-17(3)23(16(2)26-27)24(28)25-13-19-11-21(30-5)22(31-6)12-20(19)29-4/h7-12H,13-14H2,1-6H3,(H,25,28). The molecule has 7 heteroatoms. The maximum absolute atomic E-state index is 13.0. The molecular weight excluding hydrogens is 394 g/mol. The Kier molecular flexibility index (Phi) is 6.84. The third-order valence-corrected chi connectivity index (χ3v) is 5.29. The van der Waals surface area contributed by atoms with Gasteiger partial charge in [-0.25, -0.2) is 0 Å². The zero-order valence-electron chi connectivity index (χ0n) is 18.9. The number of amides is 1. The molecule has 7 nitrogen and oxygen atoms in total. The van der Waals surface area contributed by atoms with Gasteiger partial charge in [0.15, 0.2) is 11.5 Å². The molecule has 2 aromatic carbocycles. The fraction of sp³-hybridized carbons (Fsp3) is 0.333. The first-order valence-electron chi connectivity index (χ1n) is 10.0. The van der Waals surface area contributed by atoms with Crippen molar-refractivity contribution >= 4 is 5.91 Å². The highest BCUT2D eigenvalue weighted by Gasteiger charge is 2.20. The molecule has 0 saturated carbocycles. The molecule has 1 N–H and O–H groups in total. The number of benzene rings is 2. The molecule has 0 aliphatic rings. The molecule has 0 radical (unpaired) electrons. The van der Waals surface area contributed by atoms with Crippen molar-refractivity contribution in [1.82, 2.24) is 15.1 Å². The van der Waals surface area contributed by atoms with Gasteiger partial charge in [-0.15, -0.1) is 0 Å². The topological polar surface area (TPSA) is 74.6 Å². The van der Waals surface area contributed by atoms with E-state index in [1.165, 1.54) is 5.56 Å². The summed E-state index contributed by atoms with van der Waals surface area (Å²) in [4.78, 5) is 13.0. The van der Waals surface area contributed by atoms with Gasteiger partial charge in [-0.05, 0) is 32.4 Å². The smallest absolute Gasteiger partial charge is 0.255 e. The van der Waals surface area contributed by atoms with Crippen LogP contribution in [-0.4, -0.2) is 37.0 Å². The van der Waals surface area contributed by atoms with E-state index < -0.39 is 0 Å². The summed E-state index contributed by atoms with van der Waals surface area (Å²) in [5, 5.41) is 7.56. The van der Waals surface area contributed by atoms with Crippen LogP contribution < -0.4 is 19.5 Å². The second-order valence-electron chi connectivity index (χ2n) is 7.39. The van der Waals surface area contributed by atoms with Crippen molar-refractivity contribution in [1.29, 1.82) is 0 Å². The summed E-state index contributed by atoms with van der Waals surface area (Å²) in [6, 6.07) is 11.9. The van der Waals surface area contributed by atoms with Crippen LogP contribution in [0.4, 0.5) is 0 Å². The van der Waals surface area contributed by atoms with Crippen LogP contribution in [0.15, 0.2) is 36.4 Å². The van der Waals surface area contributed by atoms with Crippen molar-refractivity contribution in [3.63, 3.8) is 0 Å². The van der Waals surface area contributed by atoms with Gasteiger partial charge in [0, 0.05) is 23.9 Å². The number of hydrogen-bond donors (Lipinski definition) is 1. The van der Waals surface area contributed by atoms with Crippen molar-refractivity contribution in [3.8, 4) is 17.2 Å². The highest BCUT2D eigenvalue weighted by molar-refractivity contribution is 5.96. The Balaban J connectivity index is 1.78. The number of aryl methyl sites for hydroxylation is 2. The Morgan fingerprint density at radius 3 is 2.16 bits per heavy atom. The van der Waals surface area contributed by atoms with E-state index in [4.69, 9.17) is 14.2 Å². The number of carbonyl (C=O) groups excluding carboxylic acids is 1. The maximum Gasteiger partial charge on any atom is 0.255 e. The lowest BCUT2D eigenvalue weighted by Gasteiger charge is -2.14. The lowest BCUT2D eigenvalue weighted by Crippen LogP contribution is -2.24. The number of aromatic nitrogens is 2. The summed E-state index contributed by atoms with van der Waals surface area (Å²) >= 11 is 0. The highest BCUT2D eigenvalue weighted by atomic mass is 16.5. The van der Waals surface area contributed by atoms with Crippen LogP contribution >= 0.6 is 0 Å². The molecule has 0 aliphatic heterocycles. The summed E-state index contributed by atoms with van der Waals surface area (Å²) in [6.07, 6.45) is 0. The monoisotopic (exact) mass is 423 g/mol. The van der Waals surface area contributed by atoms with Gasteiger partial charge in [0.1, 0.15) is 5.75 Å². The number of carbonyl (C=O) groups is 1. The van der Waals surface area contributed by atoms with E-state index in [2.05, 4.69) is 41.6 Å². The number of nitrogens with one attached hydrogen (secondary N) is 1. The third kappa shape index (κ3) is 4.82. The third-order valence-electron chi connectivity index (χ3n) is 5.29. The van der Waals surface area contributed by atoms with Gasteiger partial charge in [-0.2, -0.15) is 5.10 Å². The molecule has 164 valence electrons. The van der Waals surface area contributed by atoms with E-state index >= 15 is 0 Å². The average molecular weight is 424 g/mol. The molecule has 0 aliphatic carbocycles. The van der Waals surface area contributed by atoms with Crippen molar-refractivity contribution in [2.75, 3.05) is 21.3 Å². The van der Waals surface area contributed by atoms with E-state index in [0.717, 1.165) is 16.8 Å². The van der Waals surface area contributed by atoms with Gasteiger partial charge in [0.2, 0.25) is 0 Å². The van der Waals surface area contributed by atoms with Crippen LogP contribution in [-0.2, 0) is 13.1 Å². The first-order chi connectivity index (χ1) is 14.9. The van der Waals surface area contributed by atoms with Crippen molar-refractivity contribution < 1.29 is 19.0 Å². The largest absolute Gasteiger partial charge is 0.496 e. The van der Waals surface area contributed by atoms with Crippen LogP contribution in [0.2, 0.25) is 0 Å². The van der Waals surface area contributed by atoms with Crippen LogP contribution in [0.5, 0.6) is 17.2 Å². The van der Waals surface area contributed by atoms with Gasteiger partial charge in [0.25, 0.3) is 5.91 Å². The van der Waals surface area contributed by atoms with Crippen molar-refractivity contribution in [3.05, 3.63) is 70.0 Å². The Bertz CT molecular complexity index is 1070. The van der Waals surface area contributed by atoms with Crippen LogP contribution in [0.25, 0.3) is 0 Å². The molecule has 0 fully saturated rings. The van der Waals surface area contributed by atoms with Crippen molar-refractivity contribution in [2.24, 2.45) is 0 Å². The molecule has 1 amide bonds. The van der Waals surface area contributed by atoms with Gasteiger partial charge in [0.05, 0.1) is 39.1 Å². The number of ether oxygens (including phenoxy) is 3. The minimum Gasteiger partial charge on any atom is -0.496 e. The Morgan fingerprint density at radius 2 is 1.55 bits per heavy atom. The summed E-state index contributed by atoms with van der Waals surface area (Å²) in [6.45, 7) is 6.72. The van der Waals surface area contributed by atoms with E-state index in [1.807, 2.05) is 18.5 Å². The Morgan fingerprint density at radius 1 is 0.935 bits per heavy atom. The van der Waals surface area contributed by atoms with Gasteiger partial charge in [-0.1, -0.05) is 29.8 Å². The highest BCUT2D eigenvalue weighted by Crippen LogP contribution is 2.34. The molecule has 0 atom stereocenters. The fourth-order valence-electron chi connectivity index (χ4n) is 3.54. The molecule has 0 saturated heterocycles. The lowest BCUT2D eigenvalue weighted by atomic mass is 10.1. The van der Waals surface area contributed by atoms with Crippen LogP contribution in [0.3, 0.4) is 0 Å². The van der Waals surface area contributed by atoms with Crippen LogP contribution in [0.1, 0.15) is 38.4 Å². The van der Waals surface area contributed by atoms with Crippen molar-refractivity contribution in [2.45, 2.75) is 33.9 Å². The summed E-state index contributed by atoms with van der Waals surface area (Å²) < 4.78 is 18.0. The Hall–Kier alpha value is -3.48. The normalized spacial score (nSPS) is 10.6. The summed E-state index contributed by atoms with van der Waals surface area (Å²) in [7, 11) is 4.72. The molecule has 1 heterocycles. The molecular formula is C24H29N3O4. The lowest BCUT2D eigenvalue weighted by molar-refractivity contribution is 0.0949. The molecule has 0 spiro atoms. The number of hydrogen-bond acceptors (Lipinski definition) is 5. The molecule has 31 heavy (non-hydrogen) atoms. The van der Waals surface area contributed by atoms with E-state index in [1.54, 1.807) is 33.5 Å². The van der Waals surface area contributed by atoms with E-state index in [9.17, 15) is 4.79 Å². The minimum absolute atomic E-state index is 0.179. The Labute approximate surface area is 182 Å². The number of methoxy groups -OCH3 is 3. The van der Waals surface area contributed by atoms with Gasteiger partial charge < -0.3 is 19.5 Å². The second-order valence-corrected chi connectivity index (χ2v) is 7.39. The summed E-state index contributed by atoms with van der Waals surface area (Å²) in [5.41, 5.74) is 5.25.